The van der Waals surface area contributed by atoms with Crippen molar-refractivity contribution in [2.75, 3.05) is 31.1 Å². The Hall–Kier alpha value is -1.07. The maximum Gasteiger partial charge on any atom is 0.141 e. The number of rotatable bonds is 6. The molecule has 1 aromatic rings. The van der Waals surface area contributed by atoms with Gasteiger partial charge in [0, 0.05) is 25.7 Å². The van der Waals surface area contributed by atoms with Crippen molar-refractivity contribution in [3.63, 3.8) is 0 Å². The lowest BCUT2D eigenvalue weighted by Gasteiger charge is -2.22. The zero-order valence-corrected chi connectivity index (χ0v) is 12.1. The van der Waals surface area contributed by atoms with E-state index in [2.05, 4.69) is 15.2 Å². The number of aliphatic hydroxyl groups excluding tert-OH is 1. The molecular formula is C15H24BN3O. The molecule has 1 saturated heterocycles. The predicted molar refractivity (Wildman–Crippen MR) is 83.8 cm³/mol. The van der Waals surface area contributed by atoms with Gasteiger partial charge in [0.05, 0.1) is 0 Å². The molecule has 2 N–H and O–H groups in total. The summed E-state index contributed by atoms with van der Waals surface area (Å²) in [4.78, 5) is 6.73. The van der Waals surface area contributed by atoms with Gasteiger partial charge in [0.2, 0.25) is 0 Å². The summed E-state index contributed by atoms with van der Waals surface area (Å²) in [5.74, 6) is 0.992. The summed E-state index contributed by atoms with van der Waals surface area (Å²) >= 11 is 0. The molecule has 0 amide bonds. The van der Waals surface area contributed by atoms with Crippen LogP contribution in [0.2, 0.25) is 0 Å². The summed E-state index contributed by atoms with van der Waals surface area (Å²) in [5.41, 5.74) is 0.588. The fraction of sp³-hybridized carbons (Fsp3) is 0.667. The Morgan fingerprint density at radius 1 is 1.30 bits per heavy atom. The van der Waals surface area contributed by atoms with E-state index in [-0.39, 0.29) is 0 Å². The fourth-order valence-corrected chi connectivity index (χ4v) is 2.69. The summed E-state index contributed by atoms with van der Waals surface area (Å²) in [6.07, 6.45) is 5.45. The minimum Gasteiger partial charge on any atom is -0.396 e. The molecule has 2 rings (SSSR count). The zero-order valence-electron chi connectivity index (χ0n) is 12.1. The minimum absolute atomic E-state index is 0.293. The molecule has 5 heteroatoms. The van der Waals surface area contributed by atoms with Crippen LogP contribution in [0.3, 0.4) is 0 Å². The highest BCUT2D eigenvalue weighted by Crippen LogP contribution is 2.16. The SMILES string of the molecule is [B]c1cccc(N2CCCC(NCCCCO)CC2)n1. The van der Waals surface area contributed by atoms with E-state index in [9.17, 15) is 0 Å². The molecule has 4 nitrogen and oxygen atoms in total. The van der Waals surface area contributed by atoms with Crippen LogP contribution < -0.4 is 15.8 Å². The molecule has 1 aromatic heterocycles. The molecule has 1 atom stereocenters. The van der Waals surface area contributed by atoms with Crippen molar-refractivity contribution in [3.05, 3.63) is 18.2 Å². The van der Waals surface area contributed by atoms with Crippen molar-refractivity contribution in [1.82, 2.24) is 10.3 Å². The van der Waals surface area contributed by atoms with Gasteiger partial charge in [-0.1, -0.05) is 12.1 Å². The van der Waals surface area contributed by atoms with E-state index < -0.39 is 0 Å². The average Bonchev–Trinajstić information content (AvgIpc) is 2.69. The topological polar surface area (TPSA) is 48.4 Å². The van der Waals surface area contributed by atoms with Crippen molar-refractivity contribution < 1.29 is 5.11 Å². The Morgan fingerprint density at radius 3 is 3.00 bits per heavy atom. The van der Waals surface area contributed by atoms with Gasteiger partial charge in [-0.15, -0.1) is 0 Å². The van der Waals surface area contributed by atoms with E-state index in [1.54, 1.807) is 0 Å². The lowest BCUT2D eigenvalue weighted by molar-refractivity contribution is 0.282. The third-order valence-corrected chi connectivity index (χ3v) is 3.83. The minimum atomic E-state index is 0.293. The number of unbranched alkanes of at least 4 members (excludes halogenated alkanes) is 1. The first-order valence-electron chi connectivity index (χ1n) is 7.61. The lowest BCUT2D eigenvalue weighted by atomic mass is 10.0. The van der Waals surface area contributed by atoms with Gasteiger partial charge in [0.25, 0.3) is 0 Å². The van der Waals surface area contributed by atoms with Crippen LogP contribution in [0, 0.1) is 0 Å². The van der Waals surface area contributed by atoms with Crippen molar-refractivity contribution in [3.8, 4) is 0 Å². The van der Waals surface area contributed by atoms with Crippen molar-refractivity contribution >= 4 is 19.3 Å². The third kappa shape index (κ3) is 4.80. The van der Waals surface area contributed by atoms with Crippen LogP contribution in [-0.2, 0) is 0 Å². The number of nitrogens with one attached hydrogen (secondary N) is 1. The monoisotopic (exact) mass is 273 g/mol. The van der Waals surface area contributed by atoms with Gasteiger partial charge in [-0.2, -0.15) is 0 Å². The molecule has 0 saturated carbocycles. The molecular weight excluding hydrogens is 249 g/mol. The molecule has 2 radical (unpaired) electrons. The van der Waals surface area contributed by atoms with Crippen molar-refractivity contribution in [2.24, 2.45) is 0 Å². The van der Waals surface area contributed by atoms with E-state index in [0.29, 0.717) is 18.2 Å². The van der Waals surface area contributed by atoms with Gasteiger partial charge >= 0.3 is 0 Å². The first kappa shape index (κ1) is 15.3. The highest BCUT2D eigenvalue weighted by Gasteiger charge is 2.17. The second kappa shape index (κ2) is 8.27. The van der Waals surface area contributed by atoms with Crippen LogP contribution >= 0.6 is 0 Å². The summed E-state index contributed by atoms with van der Waals surface area (Å²) in [6.45, 7) is 3.36. The van der Waals surface area contributed by atoms with E-state index >= 15 is 0 Å². The maximum absolute atomic E-state index is 8.78. The molecule has 2 heterocycles. The molecule has 1 aliphatic rings. The summed E-state index contributed by atoms with van der Waals surface area (Å²) < 4.78 is 0. The van der Waals surface area contributed by atoms with Crippen LogP contribution in [0.15, 0.2) is 18.2 Å². The van der Waals surface area contributed by atoms with Gasteiger partial charge in [-0.25, -0.2) is 4.98 Å². The van der Waals surface area contributed by atoms with Gasteiger partial charge in [0.15, 0.2) is 0 Å². The quantitative estimate of drug-likeness (QED) is 0.588. The molecule has 0 aliphatic carbocycles. The smallest absolute Gasteiger partial charge is 0.141 e. The summed E-state index contributed by atoms with van der Waals surface area (Å²) in [7, 11) is 5.76. The number of hydrogen-bond acceptors (Lipinski definition) is 4. The standard InChI is InChI=1S/C15H24BN3O/c16-14-6-3-7-15(18-14)19-10-4-5-13(8-11-19)17-9-1-2-12-20/h3,6-7,13,17,20H,1-2,4-5,8-12H2. The molecule has 0 aromatic carbocycles. The number of hydrogen-bond donors (Lipinski definition) is 2. The Kier molecular flexibility index (Phi) is 6.34. The second-order valence-electron chi connectivity index (χ2n) is 5.42. The maximum atomic E-state index is 8.78. The normalized spacial score (nSPS) is 19.9. The zero-order chi connectivity index (χ0) is 14.2. The number of aliphatic hydroxyl groups is 1. The second-order valence-corrected chi connectivity index (χ2v) is 5.42. The highest BCUT2D eigenvalue weighted by molar-refractivity contribution is 6.30. The number of nitrogens with zero attached hydrogens (tertiary/aromatic N) is 2. The Balaban J connectivity index is 1.80. The molecule has 0 bridgehead atoms. The first-order chi connectivity index (χ1) is 9.79. The van der Waals surface area contributed by atoms with Crippen LogP contribution in [0.1, 0.15) is 32.1 Å². The molecule has 0 spiro atoms. The van der Waals surface area contributed by atoms with Gasteiger partial charge < -0.3 is 15.3 Å². The average molecular weight is 273 g/mol. The van der Waals surface area contributed by atoms with Crippen molar-refractivity contribution in [2.45, 2.75) is 38.1 Å². The molecule has 20 heavy (non-hydrogen) atoms. The van der Waals surface area contributed by atoms with E-state index in [1.165, 1.54) is 12.8 Å². The summed E-state index contributed by atoms with van der Waals surface area (Å²) in [5, 5.41) is 12.4. The molecule has 1 fully saturated rings. The van der Waals surface area contributed by atoms with E-state index in [1.807, 2.05) is 18.2 Å². The first-order valence-corrected chi connectivity index (χ1v) is 7.61. The van der Waals surface area contributed by atoms with Crippen LogP contribution in [0.25, 0.3) is 0 Å². The van der Waals surface area contributed by atoms with Crippen LogP contribution in [0.4, 0.5) is 5.82 Å². The molecule has 1 aliphatic heterocycles. The fourth-order valence-electron chi connectivity index (χ4n) is 2.69. The molecule has 108 valence electrons. The third-order valence-electron chi connectivity index (χ3n) is 3.83. The van der Waals surface area contributed by atoms with E-state index in [0.717, 1.165) is 44.7 Å². The Labute approximate surface area is 123 Å². The van der Waals surface area contributed by atoms with Gasteiger partial charge in [-0.05, 0) is 50.3 Å². The number of aromatic nitrogens is 1. The highest BCUT2D eigenvalue weighted by atomic mass is 16.2. The Bertz CT molecular complexity index is 402. The summed E-state index contributed by atoms with van der Waals surface area (Å²) in [6, 6.07) is 6.41. The van der Waals surface area contributed by atoms with Gasteiger partial charge in [-0.3, -0.25) is 0 Å². The largest absolute Gasteiger partial charge is 0.396 e. The number of pyridine rings is 1. The van der Waals surface area contributed by atoms with Gasteiger partial charge in [0.1, 0.15) is 13.7 Å². The lowest BCUT2D eigenvalue weighted by Crippen LogP contribution is -2.32. The van der Waals surface area contributed by atoms with E-state index in [4.69, 9.17) is 13.0 Å². The number of anilines is 1. The predicted octanol–water partition coefficient (Wildman–Crippen LogP) is 0.596. The van der Waals surface area contributed by atoms with Crippen LogP contribution in [-0.4, -0.2) is 50.2 Å². The van der Waals surface area contributed by atoms with Crippen LogP contribution in [0.5, 0.6) is 0 Å². The molecule has 1 unspecified atom stereocenters. The van der Waals surface area contributed by atoms with Crippen molar-refractivity contribution in [1.29, 1.82) is 0 Å². The Morgan fingerprint density at radius 2 is 2.20 bits per heavy atom.